The van der Waals surface area contributed by atoms with Crippen molar-refractivity contribution >= 4 is 33.2 Å². The van der Waals surface area contributed by atoms with E-state index < -0.39 is 5.82 Å². The molecule has 2 rings (SSSR count). The molecule has 2 aromatic carbocycles. The molecule has 5 heteroatoms. The van der Waals surface area contributed by atoms with Crippen LogP contribution in [-0.4, -0.2) is 0 Å². The maximum Gasteiger partial charge on any atom is 0.147 e. The third kappa shape index (κ3) is 3.45. The molecule has 2 aromatic rings. The Labute approximate surface area is 123 Å². The van der Waals surface area contributed by atoms with Gasteiger partial charge in [-0.2, -0.15) is 0 Å². The van der Waals surface area contributed by atoms with E-state index in [9.17, 15) is 8.78 Å². The van der Waals surface area contributed by atoms with Crippen LogP contribution in [0, 0.1) is 11.6 Å². The third-order valence-electron chi connectivity index (χ3n) is 2.75. The van der Waals surface area contributed by atoms with Gasteiger partial charge in [0.2, 0.25) is 0 Å². The molecule has 0 amide bonds. The van der Waals surface area contributed by atoms with E-state index in [4.69, 9.17) is 11.6 Å². The second kappa shape index (κ2) is 5.88. The Bertz CT molecular complexity index is 604. The third-order valence-corrected chi connectivity index (χ3v) is 3.55. The van der Waals surface area contributed by atoms with Crippen molar-refractivity contribution in [1.29, 1.82) is 0 Å². The van der Waals surface area contributed by atoms with Gasteiger partial charge in [-0.3, -0.25) is 0 Å². The van der Waals surface area contributed by atoms with Crippen molar-refractivity contribution in [1.82, 2.24) is 0 Å². The second-order valence-electron chi connectivity index (χ2n) is 4.16. The summed E-state index contributed by atoms with van der Waals surface area (Å²) in [5.41, 5.74) is 1.07. The summed E-state index contributed by atoms with van der Waals surface area (Å²) in [5.74, 6) is -0.847. The summed E-state index contributed by atoms with van der Waals surface area (Å²) in [6.07, 6.45) is 0. The molecule has 0 aromatic heterocycles. The minimum atomic E-state index is -0.482. The van der Waals surface area contributed by atoms with Crippen LogP contribution >= 0.6 is 27.5 Å². The molecule has 1 unspecified atom stereocenters. The van der Waals surface area contributed by atoms with Gasteiger partial charge < -0.3 is 5.32 Å². The topological polar surface area (TPSA) is 12.0 Å². The molecule has 0 saturated heterocycles. The fourth-order valence-corrected chi connectivity index (χ4v) is 2.16. The zero-order chi connectivity index (χ0) is 14.0. The summed E-state index contributed by atoms with van der Waals surface area (Å²) in [4.78, 5) is 0. The van der Waals surface area contributed by atoms with Crippen LogP contribution in [0.1, 0.15) is 18.5 Å². The van der Waals surface area contributed by atoms with Crippen LogP contribution in [0.3, 0.4) is 0 Å². The van der Waals surface area contributed by atoms with Gasteiger partial charge in [0.25, 0.3) is 0 Å². The lowest BCUT2D eigenvalue weighted by molar-refractivity contribution is 0.621. The fraction of sp³-hybridized carbons (Fsp3) is 0.143. The quantitative estimate of drug-likeness (QED) is 0.768. The lowest BCUT2D eigenvalue weighted by Gasteiger charge is -2.16. The molecule has 0 spiro atoms. The molecule has 0 saturated carbocycles. The van der Waals surface area contributed by atoms with Gasteiger partial charge in [-0.1, -0.05) is 33.6 Å². The molecule has 100 valence electrons. The van der Waals surface area contributed by atoms with E-state index in [0.29, 0.717) is 15.7 Å². The van der Waals surface area contributed by atoms with Crippen molar-refractivity contribution in [3.8, 4) is 0 Å². The van der Waals surface area contributed by atoms with Crippen molar-refractivity contribution in [3.63, 3.8) is 0 Å². The molecule has 1 N–H and O–H groups in total. The van der Waals surface area contributed by atoms with Crippen LogP contribution in [0.25, 0.3) is 0 Å². The zero-order valence-corrected chi connectivity index (χ0v) is 12.4. The highest BCUT2D eigenvalue weighted by Gasteiger charge is 2.10. The number of hydrogen-bond donors (Lipinski definition) is 1. The van der Waals surface area contributed by atoms with Crippen molar-refractivity contribution < 1.29 is 8.78 Å². The van der Waals surface area contributed by atoms with E-state index in [1.807, 2.05) is 6.92 Å². The second-order valence-corrected chi connectivity index (χ2v) is 5.49. The normalized spacial score (nSPS) is 12.3. The lowest BCUT2D eigenvalue weighted by Crippen LogP contribution is -2.08. The van der Waals surface area contributed by atoms with Gasteiger partial charge in [-0.25, -0.2) is 8.78 Å². The van der Waals surface area contributed by atoms with E-state index in [-0.39, 0.29) is 16.9 Å². The maximum atomic E-state index is 13.7. The van der Waals surface area contributed by atoms with Crippen LogP contribution in [0.5, 0.6) is 0 Å². The largest absolute Gasteiger partial charge is 0.376 e. The number of rotatable bonds is 3. The van der Waals surface area contributed by atoms with Gasteiger partial charge >= 0.3 is 0 Å². The molecular formula is C14H11BrClF2N. The Morgan fingerprint density at radius 3 is 2.47 bits per heavy atom. The van der Waals surface area contributed by atoms with Crippen LogP contribution in [0.15, 0.2) is 40.9 Å². The molecule has 1 atom stereocenters. The summed E-state index contributed by atoms with van der Waals surface area (Å²) in [7, 11) is 0. The predicted molar refractivity (Wildman–Crippen MR) is 77.5 cm³/mol. The molecule has 0 aliphatic carbocycles. The highest BCUT2D eigenvalue weighted by atomic mass is 79.9. The first kappa shape index (κ1) is 14.3. The Balaban J connectivity index is 2.20. The molecule has 0 radical (unpaired) electrons. The van der Waals surface area contributed by atoms with Gasteiger partial charge in [0.15, 0.2) is 0 Å². The molecule has 19 heavy (non-hydrogen) atoms. The smallest absolute Gasteiger partial charge is 0.147 e. The highest BCUT2D eigenvalue weighted by molar-refractivity contribution is 9.10. The Kier molecular flexibility index (Phi) is 4.42. The Morgan fingerprint density at radius 2 is 1.84 bits per heavy atom. The molecule has 0 bridgehead atoms. The number of benzene rings is 2. The summed E-state index contributed by atoms with van der Waals surface area (Å²) in [5, 5.41) is 3.07. The summed E-state index contributed by atoms with van der Waals surface area (Å²) in [6.45, 7) is 1.82. The number of hydrogen-bond acceptors (Lipinski definition) is 1. The first-order valence-electron chi connectivity index (χ1n) is 5.64. The number of halogens is 4. The summed E-state index contributed by atoms with van der Waals surface area (Å²) < 4.78 is 27.7. The van der Waals surface area contributed by atoms with Crippen LogP contribution < -0.4 is 5.32 Å². The van der Waals surface area contributed by atoms with Crippen molar-refractivity contribution in [3.05, 3.63) is 63.1 Å². The van der Waals surface area contributed by atoms with Gasteiger partial charge in [0.05, 0.1) is 10.7 Å². The van der Waals surface area contributed by atoms with E-state index in [0.717, 1.165) is 0 Å². The molecule has 1 nitrogen and oxygen atoms in total. The van der Waals surface area contributed by atoms with E-state index in [1.165, 1.54) is 18.2 Å². The summed E-state index contributed by atoms with van der Waals surface area (Å²) in [6, 6.07) is 9.04. The first-order chi connectivity index (χ1) is 8.97. The molecular weight excluding hydrogens is 336 g/mol. The van der Waals surface area contributed by atoms with Crippen molar-refractivity contribution in [2.45, 2.75) is 13.0 Å². The minimum absolute atomic E-state index is 0.0748. The minimum Gasteiger partial charge on any atom is -0.376 e. The van der Waals surface area contributed by atoms with Crippen LogP contribution in [0.4, 0.5) is 14.5 Å². The van der Waals surface area contributed by atoms with E-state index in [2.05, 4.69) is 21.2 Å². The van der Waals surface area contributed by atoms with Gasteiger partial charge in [-0.15, -0.1) is 0 Å². The van der Waals surface area contributed by atoms with Gasteiger partial charge in [0.1, 0.15) is 11.6 Å². The molecule has 0 aliphatic heterocycles. The predicted octanol–water partition coefficient (Wildman–Crippen LogP) is 5.55. The summed E-state index contributed by atoms with van der Waals surface area (Å²) >= 11 is 8.82. The first-order valence-corrected chi connectivity index (χ1v) is 6.81. The fourth-order valence-electron chi connectivity index (χ4n) is 1.70. The van der Waals surface area contributed by atoms with Crippen molar-refractivity contribution in [2.75, 3.05) is 5.32 Å². The van der Waals surface area contributed by atoms with Crippen molar-refractivity contribution in [2.24, 2.45) is 0 Å². The highest BCUT2D eigenvalue weighted by Crippen LogP contribution is 2.26. The molecule has 0 fully saturated rings. The monoisotopic (exact) mass is 345 g/mol. The molecule has 0 aliphatic rings. The standard InChI is InChI=1S/C14H11BrClF2N/c1-8(9-2-4-11(16)12(17)6-9)19-14-5-3-10(15)7-13(14)18/h2-8,19H,1H3. The maximum absolute atomic E-state index is 13.7. The van der Waals surface area contributed by atoms with E-state index in [1.54, 1.807) is 18.2 Å². The SMILES string of the molecule is CC(Nc1ccc(Br)cc1F)c1ccc(Cl)c(F)c1. The lowest BCUT2D eigenvalue weighted by atomic mass is 10.1. The Hall–Kier alpha value is -1.13. The number of anilines is 1. The number of nitrogens with one attached hydrogen (secondary N) is 1. The van der Waals surface area contributed by atoms with Crippen LogP contribution in [0.2, 0.25) is 5.02 Å². The molecule has 0 heterocycles. The Morgan fingerprint density at radius 1 is 1.11 bits per heavy atom. The van der Waals surface area contributed by atoms with E-state index >= 15 is 0 Å². The van der Waals surface area contributed by atoms with Crippen LogP contribution in [-0.2, 0) is 0 Å². The average Bonchev–Trinajstić information content (AvgIpc) is 2.36. The zero-order valence-electron chi connectivity index (χ0n) is 10.1. The average molecular weight is 347 g/mol. The van der Waals surface area contributed by atoms with Gasteiger partial charge in [0, 0.05) is 10.5 Å². The van der Waals surface area contributed by atoms with Gasteiger partial charge in [-0.05, 0) is 42.8 Å².